The van der Waals surface area contributed by atoms with Gasteiger partial charge in [0.05, 0.1) is 5.75 Å². The van der Waals surface area contributed by atoms with Gasteiger partial charge in [-0.15, -0.1) is 0 Å². The molecule has 1 amide bonds. The Hall–Kier alpha value is -0.620. The molecule has 0 fully saturated rings. The maximum Gasteiger partial charge on any atom is 0.220 e. The molecule has 0 spiro atoms. The van der Waals surface area contributed by atoms with Crippen LogP contribution in [-0.4, -0.2) is 38.9 Å². The highest BCUT2D eigenvalue weighted by Crippen LogP contribution is 2.14. The Morgan fingerprint density at radius 1 is 1.33 bits per heavy atom. The Morgan fingerprint density at radius 3 is 2.39 bits per heavy atom. The zero-order valence-electron chi connectivity index (χ0n) is 11.6. The van der Waals surface area contributed by atoms with Gasteiger partial charge in [0.1, 0.15) is 9.84 Å². The first-order valence-electron chi connectivity index (χ1n) is 6.45. The van der Waals surface area contributed by atoms with Crippen LogP contribution in [0.15, 0.2) is 0 Å². The lowest BCUT2D eigenvalue weighted by Crippen LogP contribution is -2.37. The predicted molar refractivity (Wildman–Crippen MR) is 74.0 cm³/mol. The quantitative estimate of drug-likeness (QED) is 0.649. The summed E-state index contributed by atoms with van der Waals surface area (Å²) in [6.45, 7) is 4.44. The normalized spacial score (nSPS) is 15.1. The number of nitrogens with one attached hydrogen (secondary N) is 1. The number of amides is 1. The van der Waals surface area contributed by atoms with Crippen LogP contribution in [0.25, 0.3) is 0 Å². The monoisotopic (exact) mass is 278 g/mol. The van der Waals surface area contributed by atoms with Gasteiger partial charge in [-0.3, -0.25) is 4.79 Å². The van der Waals surface area contributed by atoms with Gasteiger partial charge in [0.15, 0.2) is 0 Å². The lowest BCUT2D eigenvalue weighted by atomic mass is 9.96. The molecule has 0 aliphatic rings. The van der Waals surface area contributed by atoms with Gasteiger partial charge in [-0.05, 0) is 32.2 Å². The van der Waals surface area contributed by atoms with Gasteiger partial charge in [0.25, 0.3) is 0 Å². The Kier molecular flexibility index (Phi) is 8.18. The number of carbonyl (C=O) groups is 1. The van der Waals surface area contributed by atoms with Crippen molar-refractivity contribution in [2.45, 2.75) is 45.6 Å². The first kappa shape index (κ1) is 17.4. The van der Waals surface area contributed by atoms with Crippen LogP contribution < -0.4 is 11.1 Å². The third kappa shape index (κ3) is 9.41. The van der Waals surface area contributed by atoms with Crippen molar-refractivity contribution in [3.8, 4) is 0 Å². The van der Waals surface area contributed by atoms with Crippen LogP contribution in [0.5, 0.6) is 0 Å². The molecule has 0 saturated heterocycles. The molecule has 0 bridgehead atoms. The molecule has 6 heteroatoms. The highest BCUT2D eigenvalue weighted by atomic mass is 32.2. The van der Waals surface area contributed by atoms with Crippen molar-refractivity contribution in [2.24, 2.45) is 11.7 Å². The molecule has 108 valence electrons. The topological polar surface area (TPSA) is 89.3 Å². The lowest BCUT2D eigenvalue weighted by Gasteiger charge is -2.15. The molecule has 0 aliphatic carbocycles. The van der Waals surface area contributed by atoms with E-state index in [1.54, 1.807) is 6.92 Å². The van der Waals surface area contributed by atoms with E-state index in [1.807, 2.05) is 0 Å². The second-order valence-electron chi connectivity index (χ2n) is 4.95. The van der Waals surface area contributed by atoms with Crippen LogP contribution in [-0.2, 0) is 14.6 Å². The van der Waals surface area contributed by atoms with E-state index in [2.05, 4.69) is 12.2 Å². The molecule has 2 unspecified atom stereocenters. The highest BCUT2D eigenvalue weighted by molar-refractivity contribution is 7.90. The third-order valence-corrected chi connectivity index (χ3v) is 4.00. The predicted octanol–water partition coefficient (Wildman–Crippen LogP) is 0.691. The fraction of sp³-hybridized carbons (Fsp3) is 0.917. The molecule has 2 atom stereocenters. The molecule has 18 heavy (non-hydrogen) atoms. The summed E-state index contributed by atoms with van der Waals surface area (Å²) in [5, 5.41) is 2.71. The molecular weight excluding hydrogens is 252 g/mol. The van der Waals surface area contributed by atoms with Crippen LogP contribution in [0, 0.1) is 5.92 Å². The summed E-state index contributed by atoms with van der Waals surface area (Å²) in [5.74, 6) is 0.381. The van der Waals surface area contributed by atoms with Gasteiger partial charge in [-0.1, -0.05) is 13.3 Å². The van der Waals surface area contributed by atoms with Crippen LogP contribution in [0.4, 0.5) is 0 Å². The molecule has 0 saturated carbocycles. The minimum Gasteiger partial charge on any atom is -0.353 e. The first-order chi connectivity index (χ1) is 8.28. The average molecular weight is 278 g/mol. The molecule has 0 heterocycles. The number of sulfone groups is 1. The maximum absolute atomic E-state index is 11.6. The van der Waals surface area contributed by atoms with Crippen molar-refractivity contribution in [3.63, 3.8) is 0 Å². The smallest absolute Gasteiger partial charge is 0.220 e. The zero-order valence-corrected chi connectivity index (χ0v) is 12.4. The summed E-state index contributed by atoms with van der Waals surface area (Å²) in [5.41, 5.74) is 5.49. The maximum atomic E-state index is 11.6. The van der Waals surface area contributed by atoms with E-state index in [0.717, 1.165) is 19.3 Å². The van der Waals surface area contributed by atoms with Crippen molar-refractivity contribution >= 4 is 15.7 Å². The molecular formula is C12H26N2O3S. The van der Waals surface area contributed by atoms with E-state index in [0.29, 0.717) is 18.9 Å². The molecule has 0 aliphatic heterocycles. The van der Waals surface area contributed by atoms with E-state index in [9.17, 15) is 13.2 Å². The minimum atomic E-state index is -3.04. The number of carbonyl (C=O) groups excluding carboxylic acids is 1. The first-order valence-corrected chi connectivity index (χ1v) is 8.51. The van der Waals surface area contributed by atoms with E-state index < -0.39 is 9.84 Å². The van der Waals surface area contributed by atoms with E-state index in [4.69, 9.17) is 5.73 Å². The van der Waals surface area contributed by atoms with Crippen LogP contribution in [0.1, 0.15) is 39.5 Å². The highest BCUT2D eigenvalue weighted by Gasteiger charge is 2.14. The zero-order chi connectivity index (χ0) is 14.2. The van der Waals surface area contributed by atoms with Crippen LogP contribution in [0.2, 0.25) is 0 Å². The van der Waals surface area contributed by atoms with Crippen molar-refractivity contribution in [1.29, 1.82) is 0 Å². The number of hydrogen-bond donors (Lipinski definition) is 2. The number of hydrogen-bond acceptors (Lipinski definition) is 4. The molecule has 0 aromatic carbocycles. The van der Waals surface area contributed by atoms with Gasteiger partial charge in [-0.2, -0.15) is 0 Å². The Morgan fingerprint density at radius 2 is 1.94 bits per heavy atom. The SMILES string of the molecule is CCC(CCN)CCC(=O)NC(C)CS(C)(=O)=O. The van der Waals surface area contributed by atoms with Crippen molar-refractivity contribution in [2.75, 3.05) is 18.6 Å². The van der Waals surface area contributed by atoms with Gasteiger partial charge in [-0.25, -0.2) is 8.42 Å². The minimum absolute atomic E-state index is 0.0151. The molecule has 5 nitrogen and oxygen atoms in total. The van der Waals surface area contributed by atoms with Crippen LogP contribution in [0.3, 0.4) is 0 Å². The summed E-state index contributed by atoms with van der Waals surface area (Å²) in [6, 6.07) is -0.331. The Labute approximate surface area is 110 Å². The van der Waals surface area contributed by atoms with Gasteiger partial charge >= 0.3 is 0 Å². The fourth-order valence-electron chi connectivity index (χ4n) is 1.97. The van der Waals surface area contributed by atoms with E-state index in [1.165, 1.54) is 6.26 Å². The van der Waals surface area contributed by atoms with Crippen molar-refractivity contribution < 1.29 is 13.2 Å². The second-order valence-corrected chi connectivity index (χ2v) is 7.14. The number of rotatable bonds is 9. The van der Waals surface area contributed by atoms with Gasteiger partial charge in [0, 0.05) is 18.7 Å². The average Bonchev–Trinajstić information content (AvgIpc) is 2.21. The summed E-state index contributed by atoms with van der Waals surface area (Å²) in [4.78, 5) is 11.6. The van der Waals surface area contributed by atoms with Gasteiger partial charge < -0.3 is 11.1 Å². The second kappa shape index (κ2) is 8.48. The van der Waals surface area contributed by atoms with E-state index in [-0.39, 0.29) is 17.7 Å². The summed E-state index contributed by atoms with van der Waals surface area (Å²) >= 11 is 0. The summed E-state index contributed by atoms with van der Waals surface area (Å²) in [6.07, 6.45) is 4.37. The summed E-state index contributed by atoms with van der Waals surface area (Å²) in [7, 11) is -3.04. The van der Waals surface area contributed by atoms with E-state index >= 15 is 0 Å². The fourth-order valence-corrected chi connectivity index (χ4v) is 2.96. The largest absolute Gasteiger partial charge is 0.353 e. The molecule has 0 aromatic rings. The molecule has 0 rings (SSSR count). The summed E-state index contributed by atoms with van der Waals surface area (Å²) < 4.78 is 22.1. The standard InChI is InChI=1S/C12H26N2O3S/c1-4-11(7-8-13)5-6-12(15)14-10(2)9-18(3,16)17/h10-11H,4-9,13H2,1-3H3,(H,14,15). The Bertz CT molecular complexity index is 341. The molecule has 0 aromatic heterocycles. The third-order valence-electron chi connectivity index (χ3n) is 2.89. The van der Waals surface area contributed by atoms with Gasteiger partial charge in [0.2, 0.25) is 5.91 Å². The number of nitrogens with two attached hydrogens (primary N) is 1. The molecule has 0 radical (unpaired) electrons. The van der Waals surface area contributed by atoms with Crippen molar-refractivity contribution in [1.82, 2.24) is 5.32 Å². The van der Waals surface area contributed by atoms with Crippen LogP contribution >= 0.6 is 0 Å². The lowest BCUT2D eigenvalue weighted by molar-refractivity contribution is -0.121. The molecule has 3 N–H and O–H groups in total. The Balaban J connectivity index is 3.96. The van der Waals surface area contributed by atoms with Crippen molar-refractivity contribution in [3.05, 3.63) is 0 Å².